The maximum Gasteiger partial charge on any atom is 0.254 e. The summed E-state index contributed by atoms with van der Waals surface area (Å²) in [5.74, 6) is 1.21. The van der Waals surface area contributed by atoms with Crippen molar-refractivity contribution in [3.8, 4) is 0 Å². The third-order valence-corrected chi connectivity index (χ3v) is 5.98. The molecule has 0 saturated carbocycles. The van der Waals surface area contributed by atoms with Crippen molar-refractivity contribution in [2.45, 2.75) is 13.0 Å². The van der Waals surface area contributed by atoms with Gasteiger partial charge in [0, 0.05) is 49.9 Å². The van der Waals surface area contributed by atoms with Gasteiger partial charge in [-0.15, -0.1) is 0 Å². The number of aromatic nitrogens is 2. The number of amides is 1. The van der Waals surface area contributed by atoms with E-state index in [1.54, 1.807) is 11.3 Å². The van der Waals surface area contributed by atoms with Crippen molar-refractivity contribution >= 4 is 17.2 Å². The van der Waals surface area contributed by atoms with E-state index in [-0.39, 0.29) is 11.3 Å². The van der Waals surface area contributed by atoms with Crippen molar-refractivity contribution < 1.29 is 9.53 Å². The Balaban J connectivity index is 1.45. The van der Waals surface area contributed by atoms with E-state index in [2.05, 4.69) is 14.5 Å². The molecule has 0 radical (unpaired) electrons. The number of aryl methyl sites for hydroxylation is 1. The largest absolute Gasteiger partial charge is 0.379 e. The summed E-state index contributed by atoms with van der Waals surface area (Å²) in [5, 5.41) is 3.89. The number of imidazole rings is 1. The summed E-state index contributed by atoms with van der Waals surface area (Å²) < 4.78 is 7.97. The fourth-order valence-electron chi connectivity index (χ4n) is 3.89. The van der Waals surface area contributed by atoms with Crippen LogP contribution >= 0.6 is 11.3 Å². The predicted octanol–water partition coefficient (Wildman–Crippen LogP) is 1.85. The molecule has 2 aromatic rings. The minimum atomic E-state index is 0.0351. The van der Waals surface area contributed by atoms with Gasteiger partial charge in [-0.2, -0.15) is 11.3 Å². The van der Waals surface area contributed by atoms with Crippen molar-refractivity contribution in [1.29, 1.82) is 0 Å². The van der Waals surface area contributed by atoms with Crippen LogP contribution in [0.3, 0.4) is 0 Å². The van der Waals surface area contributed by atoms with Crippen molar-refractivity contribution in [3.05, 3.63) is 40.6 Å². The third kappa shape index (κ3) is 3.49. The molecule has 1 atom stereocenters. The second-order valence-electron chi connectivity index (χ2n) is 7.21. The average Bonchev–Trinajstić information content (AvgIpc) is 3.31. The summed E-state index contributed by atoms with van der Waals surface area (Å²) in [7, 11) is 2.03. The van der Waals surface area contributed by atoms with Crippen LogP contribution in [0.1, 0.15) is 22.6 Å². The molecule has 2 aliphatic heterocycles. The second kappa shape index (κ2) is 6.90. The van der Waals surface area contributed by atoms with Gasteiger partial charge in [-0.3, -0.25) is 9.69 Å². The van der Waals surface area contributed by atoms with E-state index in [1.165, 1.54) is 0 Å². The first-order valence-electron chi connectivity index (χ1n) is 8.73. The summed E-state index contributed by atoms with van der Waals surface area (Å²) >= 11 is 1.57. The molecule has 2 aromatic heterocycles. The molecule has 1 spiro atoms. The quantitative estimate of drug-likeness (QED) is 0.838. The number of likely N-dealkylation sites (tertiary alicyclic amines) is 1. The molecule has 4 rings (SSSR count). The first-order valence-corrected chi connectivity index (χ1v) is 9.67. The first kappa shape index (κ1) is 16.8. The highest BCUT2D eigenvalue weighted by molar-refractivity contribution is 7.08. The highest BCUT2D eigenvalue weighted by Crippen LogP contribution is 2.34. The zero-order chi connectivity index (χ0) is 17.3. The number of hydrogen-bond acceptors (Lipinski definition) is 5. The van der Waals surface area contributed by atoms with Gasteiger partial charge in [-0.25, -0.2) is 4.98 Å². The highest BCUT2D eigenvalue weighted by atomic mass is 32.1. The van der Waals surface area contributed by atoms with Gasteiger partial charge in [-0.1, -0.05) is 0 Å². The van der Waals surface area contributed by atoms with E-state index in [0.717, 1.165) is 50.6 Å². The summed E-state index contributed by atoms with van der Waals surface area (Å²) in [6.07, 6.45) is 4.89. The topological polar surface area (TPSA) is 50.6 Å². The van der Waals surface area contributed by atoms with Crippen LogP contribution in [0.4, 0.5) is 0 Å². The molecular formula is C18H24N4O2S. The predicted molar refractivity (Wildman–Crippen MR) is 96.6 cm³/mol. The van der Waals surface area contributed by atoms with E-state index in [0.29, 0.717) is 13.2 Å². The van der Waals surface area contributed by atoms with E-state index in [4.69, 9.17) is 4.74 Å². The van der Waals surface area contributed by atoms with Crippen LogP contribution in [0.15, 0.2) is 29.2 Å². The van der Waals surface area contributed by atoms with Gasteiger partial charge in [-0.05, 0) is 24.4 Å². The zero-order valence-electron chi connectivity index (χ0n) is 14.6. The minimum Gasteiger partial charge on any atom is -0.379 e. The summed E-state index contributed by atoms with van der Waals surface area (Å²) in [4.78, 5) is 21.6. The van der Waals surface area contributed by atoms with E-state index < -0.39 is 0 Å². The van der Waals surface area contributed by atoms with E-state index in [1.807, 2.05) is 41.2 Å². The standard InChI is InChI=1S/C18H24N4O2S/c1-20-6-4-19-16(20)10-21-5-3-18(12-21)13-22(7-8-24-14-18)17(23)15-2-9-25-11-15/h2,4,6,9,11H,3,5,7-8,10,12-14H2,1H3. The Hall–Kier alpha value is -1.70. The van der Waals surface area contributed by atoms with E-state index in [9.17, 15) is 4.79 Å². The zero-order valence-corrected chi connectivity index (χ0v) is 15.4. The summed E-state index contributed by atoms with van der Waals surface area (Å²) in [6, 6.07) is 1.91. The maximum atomic E-state index is 12.8. The minimum absolute atomic E-state index is 0.0351. The normalized spacial score (nSPS) is 24.8. The van der Waals surface area contributed by atoms with Gasteiger partial charge < -0.3 is 14.2 Å². The van der Waals surface area contributed by atoms with Gasteiger partial charge >= 0.3 is 0 Å². The number of hydrogen-bond donors (Lipinski definition) is 0. The number of rotatable bonds is 3. The third-order valence-electron chi connectivity index (χ3n) is 5.30. The Morgan fingerprint density at radius 3 is 3.08 bits per heavy atom. The lowest BCUT2D eigenvalue weighted by Crippen LogP contribution is -2.43. The second-order valence-corrected chi connectivity index (χ2v) is 7.99. The van der Waals surface area contributed by atoms with Crippen molar-refractivity contribution in [3.63, 3.8) is 0 Å². The SMILES string of the molecule is Cn1ccnc1CN1CCC2(COCCN(C(=O)c3ccsc3)C2)C1. The smallest absolute Gasteiger partial charge is 0.254 e. The number of carbonyl (C=O) groups is 1. The van der Waals surface area contributed by atoms with Crippen LogP contribution in [0.2, 0.25) is 0 Å². The van der Waals surface area contributed by atoms with E-state index >= 15 is 0 Å². The van der Waals surface area contributed by atoms with Crippen molar-refractivity contribution in [2.75, 3.05) is 39.4 Å². The fourth-order valence-corrected chi connectivity index (χ4v) is 4.52. The van der Waals surface area contributed by atoms with Gasteiger partial charge in [0.15, 0.2) is 0 Å². The van der Waals surface area contributed by atoms with Crippen molar-refractivity contribution in [2.24, 2.45) is 12.5 Å². The molecule has 4 heterocycles. The number of ether oxygens (including phenoxy) is 1. The lowest BCUT2D eigenvalue weighted by Gasteiger charge is -2.32. The molecule has 0 aliphatic carbocycles. The first-order chi connectivity index (χ1) is 12.2. The maximum absolute atomic E-state index is 12.8. The Bertz CT molecular complexity index is 729. The van der Waals surface area contributed by atoms with Crippen molar-refractivity contribution in [1.82, 2.24) is 19.4 Å². The number of thiophene rings is 1. The summed E-state index contributed by atoms with van der Waals surface area (Å²) in [5.41, 5.74) is 0.831. The van der Waals surface area contributed by atoms with Crippen LogP contribution in [-0.4, -0.2) is 64.7 Å². The summed E-state index contributed by atoms with van der Waals surface area (Å²) in [6.45, 7) is 5.64. The van der Waals surface area contributed by atoms with Crippen LogP contribution in [-0.2, 0) is 18.3 Å². The lowest BCUT2D eigenvalue weighted by molar-refractivity contribution is 0.0643. The van der Waals surface area contributed by atoms with Gasteiger partial charge in [0.2, 0.25) is 0 Å². The Morgan fingerprint density at radius 2 is 2.32 bits per heavy atom. The molecule has 0 aromatic carbocycles. The van der Waals surface area contributed by atoms with Gasteiger partial charge in [0.05, 0.1) is 25.3 Å². The number of carbonyl (C=O) groups excluding carboxylic acids is 1. The van der Waals surface area contributed by atoms with Crippen LogP contribution in [0.5, 0.6) is 0 Å². The van der Waals surface area contributed by atoms with Gasteiger partial charge in [0.1, 0.15) is 5.82 Å². The molecule has 2 fully saturated rings. The molecule has 0 bridgehead atoms. The Kier molecular flexibility index (Phi) is 4.62. The molecule has 7 heteroatoms. The molecule has 134 valence electrons. The van der Waals surface area contributed by atoms with Crippen LogP contribution in [0.25, 0.3) is 0 Å². The number of nitrogens with zero attached hydrogens (tertiary/aromatic N) is 4. The average molecular weight is 360 g/mol. The molecule has 1 unspecified atom stereocenters. The molecule has 2 aliphatic rings. The Labute approximate surface area is 152 Å². The fraction of sp³-hybridized carbons (Fsp3) is 0.556. The molecular weight excluding hydrogens is 336 g/mol. The molecule has 2 saturated heterocycles. The molecule has 6 nitrogen and oxygen atoms in total. The van der Waals surface area contributed by atoms with Crippen LogP contribution < -0.4 is 0 Å². The Morgan fingerprint density at radius 1 is 1.40 bits per heavy atom. The van der Waals surface area contributed by atoms with Gasteiger partial charge in [0.25, 0.3) is 5.91 Å². The molecule has 0 N–H and O–H groups in total. The van der Waals surface area contributed by atoms with Crippen LogP contribution in [0, 0.1) is 5.41 Å². The highest BCUT2D eigenvalue weighted by Gasteiger charge is 2.42. The molecule has 25 heavy (non-hydrogen) atoms. The molecule has 1 amide bonds. The monoisotopic (exact) mass is 360 g/mol. The lowest BCUT2D eigenvalue weighted by atomic mass is 9.87.